The summed E-state index contributed by atoms with van der Waals surface area (Å²) in [5.41, 5.74) is -0.753. The van der Waals surface area contributed by atoms with E-state index in [1.54, 1.807) is 6.08 Å². The molecule has 0 radical (unpaired) electrons. The highest BCUT2D eigenvalue weighted by Gasteiger charge is 2.27. The molecule has 0 bridgehead atoms. The second-order valence-corrected chi connectivity index (χ2v) is 7.59. The van der Waals surface area contributed by atoms with Gasteiger partial charge >= 0.3 is 5.97 Å². The van der Waals surface area contributed by atoms with E-state index in [2.05, 4.69) is 0 Å². The van der Waals surface area contributed by atoms with E-state index in [1.165, 1.54) is 0 Å². The molecule has 0 aromatic carbocycles. The first kappa shape index (κ1) is 21.9. The van der Waals surface area contributed by atoms with Gasteiger partial charge in [0.1, 0.15) is 0 Å². The Morgan fingerprint density at radius 3 is 2.68 bits per heavy atom. The van der Waals surface area contributed by atoms with Crippen molar-refractivity contribution in [1.29, 1.82) is 0 Å². The molecule has 0 saturated heterocycles. The molecule has 25 heavy (non-hydrogen) atoms. The van der Waals surface area contributed by atoms with Crippen LogP contribution in [0.3, 0.4) is 0 Å². The van der Waals surface area contributed by atoms with Gasteiger partial charge in [-0.3, -0.25) is 9.59 Å². The molecular weight excluding hydrogens is 340 g/mol. The Kier molecular flexibility index (Phi) is 10.1. The molecule has 1 rings (SSSR count). The number of halogens is 1. The summed E-state index contributed by atoms with van der Waals surface area (Å²) in [4.78, 5) is 22.5. The van der Waals surface area contributed by atoms with Crippen LogP contribution < -0.4 is 0 Å². The van der Waals surface area contributed by atoms with Crippen molar-refractivity contribution in [2.45, 2.75) is 70.3 Å². The highest BCUT2D eigenvalue weighted by molar-refractivity contribution is 6.17. The Labute approximate surface area is 156 Å². The van der Waals surface area contributed by atoms with Gasteiger partial charge in [-0.05, 0) is 45.1 Å². The molecule has 3 atom stereocenters. The van der Waals surface area contributed by atoms with Crippen LogP contribution in [-0.2, 0) is 9.59 Å². The number of ketones is 1. The molecule has 0 heterocycles. The lowest BCUT2D eigenvalue weighted by Crippen LogP contribution is -2.23. The second-order valence-electron chi connectivity index (χ2n) is 7.21. The molecule has 1 unspecified atom stereocenters. The summed E-state index contributed by atoms with van der Waals surface area (Å²) < 4.78 is 0. The number of aliphatic hydroxyl groups is 1. The zero-order chi connectivity index (χ0) is 18.7. The van der Waals surface area contributed by atoms with Gasteiger partial charge in [0.25, 0.3) is 0 Å². The summed E-state index contributed by atoms with van der Waals surface area (Å²) in [6, 6.07) is 0. The summed E-state index contributed by atoms with van der Waals surface area (Å²) in [6.45, 7) is 1.81. The van der Waals surface area contributed by atoms with Gasteiger partial charge in [-0.2, -0.15) is 0 Å². The van der Waals surface area contributed by atoms with Crippen molar-refractivity contribution in [3.63, 3.8) is 0 Å². The summed E-state index contributed by atoms with van der Waals surface area (Å²) in [5.74, 6) is 0.0732. The Balaban J connectivity index is 2.35. The van der Waals surface area contributed by atoms with E-state index in [9.17, 15) is 14.7 Å². The van der Waals surface area contributed by atoms with Gasteiger partial charge in [0, 0.05) is 24.1 Å². The minimum atomic E-state index is -0.753. The summed E-state index contributed by atoms with van der Waals surface area (Å²) in [7, 11) is 0. The van der Waals surface area contributed by atoms with Crippen LogP contribution in [-0.4, -0.2) is 33.4 Å². The minimum Gasteiger partial charge on any atom is -0.481 e. The molecule has 142 valence electrons. The monoisotopic (exact) mass is 370 g/mol. The highest BCUT2D eigenvalue weighted by atomic mass is 35.5. The molecule has 2 N–H and O–H groups in total. The fraction of sp³-hybridized carbons (Fsp3) is 0.700. The van der Waals surface area contributed by atoms with E-state index < -0.39 is 11.6 Å². The van der Waals surface area contributed by atoms with Gasteiger partial charge < -0.3 is 10.2 Å². The van der Waals surface area contributed by atoms with Crippen LogP contribution in [0.1, 0.15) is 64.7 Å². The number of aliphatic carboxylic acids is 1. The molecule has 0 fully saturated rings. The van der Waals surface area contributed by atoms with E-state index in [4.69, 9.17) is 16.7 Å². The van der Waals surface area contributed by atoms with Gasteiger partial charge in [-0.15, -0.1) is 11.6 Å². The van der Waals surface area contributed by atoms with Gasteiger partial charge in [0.05, 0.1) is 5.60 Å². The summed E-state index contributed by atoms with van der Waals surface area (Å²) in [6.07, 6.45) is 14.2. The van der Waals surface area contributed by atoms with Gasteiger partial charge in [0.15, 0.2) is 5.78 Å². The summed E-state index contributed by atoms with van der Waals surface area (Å²) >= 11 is 5.67. The maximum absolute atomic E-state index is 12.0. The van der Waals surface area contributed by atoms with Crippen molar-refractivity contribution in [3.8, 4) is 0 Å². The number of carbonyl (C=O) groups excluding carboxylic acids is 1. The number of carbonyl (C=O) groups is 2. The third-order valence-corrected chi connectivity index (χ3v) is 5.00. The van der Waals surface area contributed by atoms with Crippen LogP contribution in [0.4, 0.5) is 0 Å². The number of allylic oxidation sites excluding steroid dienone is 3. The molecular formula is C20H31ClO4. The van der Waals surface area contributed by atoms with Gasteiger partial charge in [-0.25, -0.2) is 0 Å². The lowest BCUT2D eigenvalue weighted by molar-refractivity contribution is -0.137. The number of rotatable bonds is 13. The molecule has 0 aromatic heterocycles. The average molecular weight is 371 g/mol. The van der Waals surface area contributed by atoms with E-state index in [1.807, 2.05) is 25.2 Å². The van der Waals surface area contributed by atoms with Gasteiger partial charge in [0.2, 0.25) is 0 Å². The number of unbranched alkanes of at least 4 members (excludes halogenated alkanes) is 3. The Hall–Kier alpha value is -1.13. The number of hydrogen-bond acceptors (Lipinski definition) is 3. The number of carboxylic acid groups (broad SMARTS) is 1. The minimum absolute atomic E-state index is 0.0106. The van der Waals surface area contributed by atoms with Crippen LogP contribution >= 0.6 is 11.6 Å². The highest BCUT2D eigenvalue weighted by Crippen LogP contribution is 2.29. The lowest BCUT2D eigenvalue weighted by Gasteiger charge is -2.21. The van der Waals surface area contributed by atoms with Crippen LogP contribution in [0.25, 0.3) is 0 Å². The molecule has 0 saturated carbocycles. The third kappa shape index (κ3) is 9.22. The first-order chi connectivity index (χ1) is 11.9. The first-order valence-corrected chi connectivity index (χ1v) is 9.78. The number of carboxylic acids is 1. The lowest BCUT2D eigenvalue weighted by atomic mass is 9.88. The van der Waals surface area contributed by atoms with Crippen molar-refractivity contribution in [2.24, 2.45) is 11.8 Å². The van der Waals surface area contributed by atoms with Crippen LogP contribution in [0.5, 0.6) is 0 Å². The molecule has 0 amide bonds. The largest absolute Gasteiger partial charge is 0.481 e. The number of alkyl halides is 1. The number of hydrogen-bond donors (Lipinski definition) is 2. The zero-order valence-electron chi connectivity index (χ0n) is 15.1. The van der Waals surface area contributed by atoms with E-state index >= 15 is 0 Å². The molecule has 1 aliphatic rings. The topological polar surface area (TPSA) is 74.6 Å². The Morgan fingerprint density at radius 2 is 2.00 bits per heavy atom. The van der Waals surface area contributed by atoms with Gasteiger partial charge in [-0.1, -0.05) is 37.5 Å². The Bertz CT molecular complexity index is 482. The normalized spacial score (nSPS) is 22.6. The Morgan fingerprint density at radius 1 is 1.28 bits per heavy atom. The standard InChI is InChI=1S/C20H31ClO4/c1-20(25,14-7-15-21)13-6-8-16-11-12-18(22)17(16)9-4-2-3-5-10-19(23)24/h6,8,11-12,16-17,25H,2-5,7,9-10,13-15H2,1H3,(H,23,24)/t16-,17+,20?/m0/s1. The zero-order valence-corrected chi connectivity index (χ0v) is 15.9. The molecule has 0 aliphatic heterocycles. The fourth-order valence-electron chi connectivity index (χ4n) is 3.21. The van der Waals surface area contributed by atoms with Crippen LogP contribution in [0.2, 0.25) is 0 Å². The predicted molar refractivity (Wildman–Crippen MR) is 101 cm³/mol. The van der Waals surface area contributed by atoms with Crippen molar-refractivity contribution >= 4 is 23.4 Å². The van der Waals surface area contributed by atoms with Crippen molar-refractivity contribution in [1.82, 2.24) is 0 Å². The van der Waals surface area contributed by atoms with Crippen LogP contribution in [0, 0.1) is 11.8 Å². The smallest absolute Gasteiger partial charge is 0.303 e. The third-order valence-electron chi connectivity index (χ3n) is 4.73. The van der Waals surface area contributed by atoms with Crippen LogP contribution in [0.15, 0.2) is 24.3 Å². The van der Waals surface area contributed by atoms with Crippen molar-refractivity contribution < 1.29 is 19.8 Å². The maximum atomic E-state index is 12.0. The molecule has 0 spiro atoms. The van der Waals surface area contributed by atoms with E-state index in [0.717, 1.165) is 32.1 Å². The predicted octanol–water partition coefficient (Wildman–Crippen LogP) is 4.50. The van der Waals surface area contributed by atoms with E-state index in [0.29, 0.717) is 25.1 Å². The van der Waals surface area contributed by atoms with E-state index in [-0.39, 0.29) is 24.0 Å². The average Bonchev–Trinajstić information content (AvgIpc) is 2.89. The summed E-state index contributed by atoms with van der Waals surface area (Å²) in [5, 5.41) is 18.9. The maximum Gasteiger partial charge on any atom is 0.303 e. The SMILES string of the molecule is CC(O)(CC=C[C@H]1C=CC(=O)[C@@H]1CCCCCCC(=O)O)CCCCl. The fourth-order valence-corrected chi connectivity index (χ4v) is 3.34. The first-order valence-electron chi connectivity index (χ1n) is 9.24. The molecule has 0 aromatic rings. The quantitative estimate of drug-likeness (QED) is 0.284. The molecule has 4 nitrogen and oxygen atoms in total. The molecule has 5 heteroatoms. The van der Waals surface area contributed by atoms with Crippen molar-refractivity contribution in [2.75, 3.05) is 5.88 Å². The molecule has 1 aliphatic carbocycles. The second kappa shape index (κ2) is 11.5. The van der Waals surface area contributed by atoms with Crippen molar-refractivity contribution in [3.05, 3.63) is 24.3 Å².